The van der Waals surface area contributed by atoms with Crippen molar-refractivity contribution in [2.24, 2.45) is 5.73 Å². The van der Waals surface area contributed by atoms with Gasteiger partial charge in [0.05, 0.1) is 0 Å². The van der Waals surface area contributed by atoms with Crippen LogP contribution in [0.5, 0.6) is 0 Å². The van der Waals surface area contributed by atoms with Gasteiger partial charge in [0.25, 0.3) is 0 Å². The highest BCUT2D eigenvalue weighted by Crippen LogP contribution is 2.16. The molecule has 0 heterocycles. The van der Waals surface area contributed by atoms with Gasteiger partial charge in [-0.1, -0.05) is 13.3 Å². The van der Waals surface area contributed by atoms with E-state index in [9.17, 15) is 0 Å². The van der Waals surface area contributed by atoms with Gasteiger partial charge in [0.15, 0.2) is 0 Å². The standard InChI is InChI=1S/C10H24N2/c1-6-7-9(2)12(5)10(3,4)8-11/h9H,6-8,11H2,1-5H3. The third-order valence-electron chi connectivity index (χ3n) is 2.82. The van der Waals surface area contributed by atoms with E-state index in [1.807, 2.05) is 0 Å². The quantitative estimate of drug-likeness (QED) is 0.685. The molecule has 0 aromatic heterocycles. The highest BCUT2D eigenvalue weighted by molar-refractivity contribution is 4.83. The Bertz CT molecular complexity index is 121. The molecule has 0 spiro atoms. The fraction of sp³-hybridized carbons (Fsp3) is 1.00. The van der Waals surface area contributed by atoms with Gasteiger partial charge in [0.1, 0.15) is 0 Å². The maximum atomic E-state index is 5.70. The van der Waals surface area contributed by atoms with E-state index in [0.29, 0.717) is 6.04 Å². The molecule has 2 nitrogen and oxygen atoms in total. The lowest BCUT2D eigenvalue weighted by atomic mass is 10.0. The van der Waals surface area contributed by atoms with Crippen LogP contribution in [0.4, 0.5) is 0 Å². The van der Waals surface area contributed by atoms with Crippen LogP contribution in [0.2, 0.25) is 0 Å². The molecule has 0 fully saturated rings. The van der Waals surface area contributed by atoms with E-state index in [1.54, 1.807) is 0 Å². The highest BCUT2D eigenvalue weighted by atomic mass is 15.2. The Hall–Kier alpha value is -0.0800. The number of hydrogen-bond donors (Lipinski definition) is 1. The molecule has 2 N–H and O–H groups in total. The molecular formula is C10H24N2. The van der Waals surface area contributed by atoms with Crippen LogP contribution in [0.3, 0.4) is 0 Å². The summed E-state index contributed by atoms with van der Waals surface area (Å²) < 4.78 is 0. The van der Waals surface area contributed by atoms with Gasteiger partial charge in [-0.2, -0.15) is 0 Å². The predicted molar refractivity (Wildman–Crippen MR) is 55.3 cm³/mol. The van der Waals surface area contributed by atoms with E-state index in [1.165, 1.54) is 12.8 Å². The predicted octanol–water partition coefficient (Wildman–Crippen LogP) is 1.84. The lowest BCUT2D eigenvalue weighted by molar-refractivity contribution is 0.111. The maximum Gasteiger partial charge on any atom is 0.0275 e. The topological polar surface area (TPSA) is 29.3 Å². The highest BCUT2D eigenvalue weighted by Gasteiger charge is 2.24. The first-order chi connectivity index (χ1) is 5.45. The van der Waals surface area contributed by atoms with Gasteiger partial charge in [-0.3, -0.25) is 4.90 Å². The van der Waals surface area contributed by atoms with E-state index in [-0.39, 0.29) is 5.54 Å². The molecule has 12 heavy (non-hydrogen) atoms. The molecule has 0 rings (SSSR count). The number of rotatable bonds is 5. The number of hydrogen-bond acceptors (Lipinski definition) is 2. The zero-order chi connectivity index (χ0) is 9.78. The van der Waals surface area contributed by atoms with Crippen molar-refractivity contribution in [2.75, 3.05) is 13.6 Å². The van der Waals surface area contributed by atoms with Crippen molar-refractivity contribution in [1.82, 2.24) is 4.90 Å². The Morgan fingerprint density at radius 2 is 1.92 bits per heavy atom. The lowest BCUT2D eigenvalue weighted by Gasteiger charge is -2.39. The van der Waals surface area contributed by atoms with Crippen LogP contribution in [-0.4, -0.2) is 30.1 Å². The van der Waals surface area contributed by atoms with Crippen LogP contribution in [0.25, 0.3) is 0 Å². The van der Waals surface area contributed by atoms with E-state index < -0.39 is 0 Å². The van der Waals surface area contributed by atoms with Gasteiger partial charge < -0.3 is 5.73 Å². The number of nitrogens with two attached hydrogens (primary N) is 1. The first kappa shape index (κ1) is 11.9. The lowest BCUT2D eigenvalue weighted by Crippen LogP contribution is -2.50. The van der Waals surface area contributed by atoms with Crippen molar-refractivity contribution >= 4 is 0 Å². The van der Waals surface area contributed by atoms with Crippen LogP contribution >= 0.6 is 0 Å². The molecule has 1 unspecified atom stereocenters. The Labute approximate surface area is 77.1 Å². The third-order valence-corrected chi connectivity index (χ3v) is 2.82. The minimum Gasteiger partial charge on any atom is -0.329 e. The molecule has 0 saturated heterocycles. The van der Waals surface area contributed by atoms with E-state index in [0.717, 1.165) is 6.54 Å². The van der Waals surface area contributed by atoms with Gasteiger partial charge in [-0.05, 0) is 34.2 Å². The fourth-order valence-corrected chi connectivity index (χ4v) is 1.35. The Morgan fingerprint density at radius 1 is 1.42 bits per heavy atom. The summed E-state index contributed by atoms with van der Waals surface area (Å²) in [6, 6.07) is 0.633. The van der Waals surface area contributed by atoms with Gasteiger partial charge in [-0.15, -0.1) is 0 Å². The second-order valence-electron chi connectivity index (χ2n) is 4.27. The SMILES string of the molecule is CCCC(C)N(C)C(C)(C)CN. The largest absolute Gasteiger partial charge is 0.329 e. The number of likely N-dealkylation sites (N-methyl/N-ethyl adjacent to an activating group) is 1. The molecule has 0 bridgehead atoms. The van der Waals surface area contributed by atoms with Crippen molar-refractivity contribution in [3.05, 3.63) is 0 Å². The van der Waals surface area contributed by atoms with E-state index in [4.69, 9.17) is 5.73 Å². The summed E-state index contributed by atoms with van der Waals surface area (Å²) in [4.78, 5) is 2.37. The average Bonchev–Trinajstić information content (AvgIpc) is 2.03. The van der Waals surface area contributed by atoms with Crippen LogP contribution in [0, 0.1) is 0 Å². The van der Waals surface area contributed by atoms with Crippen LogP contribution < -0.4 is 5.73 Å². The Morgan fingerprint density at radius 3 is 2.25 bits per heavy atom. The average molecular weight is 172 g/mol. The zero-order valence-corrected chi connectivity index (χ0v) is 9.22. The smallest absolute Gasteiger partial charge is 0.0275 e. The normalized spacial score (nSPS) is 15.2. The summed E-state index contributed by atoms with van der Waals surface area (Å²) in [7, 11) is 2.16. The van der Waals surface area contributed by atoms with Gasteiger partial charge >= 0.3 is 0 Å². The zero-order valence-electron chi connectivity index (χ0n) is 9.22. The molecule has 0 aliphatic carbocycles. The molecule has 0 aromatic rings. The number of nitrogens with zero attached hydrogens (tertiary/aromatic N) is 1. The Balaban J connectivity index is 4.07. The molecule has 1 atom stereocenters. The minimum absolute atomic E-state index is 0.134. The summed E-state index contributed by atoms with van der Waals surface area (Å²) in [6.45, 7) is 9.59. The van der Waals surface area contributed by atoms with Gasteiger partial charge in [0.2, 0.25) is 0 Å². The van der Waals surface area contributed by atoms with Crippen molar-refractivity contribution in [1.29, 1.82) is 0 Å². The maximum absolute atomic E-state index is 5.70. The summed E-state index contributed by atoms with van der Waals surface area (Å²) in [5.74, 6) is 0. The van der Waals surface area contributed by atoms with Crippen LogP contribution in [0.15, 0.2) is 0 Å². The molecule has 0 aliphatic heterocycles. The van der Waals surface area contributed by atoms with Gasteiger partial charge in [0, 0.05) is 18.1 Å². The van der Waals surface area contributed by atoms with Crippen LogP contribution in [0.1, 0.15) is 40.5 Å². The molecule has 0 saturated carbocycles. The Kier molecular flexibility index (Phi) is 4.80. The second-order valence-corrected chi connectivity index (χ2v) is 4.27. The van der Waals surface area contributed by atoms with E-state index in [2.05, 4.69) is 39.6 Å². The molecule has 74 valence electrons. The first-order valence-corrected chi connectivity index (χ1v) is 4.88. The summed E-state index contributed by atoms with van der Waals surface area (Å²) in [5.41, 5.74) is 5.83. The molecule has 0 aromatic carbocycles. The molecule has 0 radical (unpaired) electrons. The first-order valence-electron chi connectivity index (χ1n) is 4.88. The third kappa shape index (κ3) is 3.11. The fourth-order valence-electron chi connectivity index (χ4n) is 1.35. The molecular weight excluding hydrogens is 148 g/mol. The summed E-state index contributed by atoms with van der Waals surface area (Å²) in [6.07, 6.45) is 2.49. The monoisotopic (exact) mass is 172 g/mol. The summed E-state index contributed by atoms with van der Waals surface area (Å²) in [5, 5.41) is 0. The summed E-state index contributed by atoms with van der Waals surface area (Å²) >= 11 is 0. The van der Waals surface area contributed by atoms with Crippen LogP contribution in [-0.2, 0) is 0 Å². The molecule has 0 aliphatic rings. The van der Waals surface area contributed by atoms with Crippen molar-refractivity contribution in [3.63, 3.8) is 0 Å². The van der Waals surface area contributed by atoms with Crippen molar-refractivity contribution in [2.45, 2.75) is 52.1 Å². The van der Waals surface area contributed by atoms with Crippen molar-refractivity contribution < 1.29 is 0 Å². The van der Waals surface area contributed by atoms with Gasteiger partial charge in [-0.25, -0.2) is 0 Å². The minimum atomic E-state index is 0.134. The second kappa shape index (κ2) is 4.83. The van der Waals surface area contributed by atoms with Crippen molar-refractivity contribution in [3.8, 4) is 0 Å². The molecule has 0 amide bonds. The van der Waals surface area contributed by atoms with E-state index >= 15 is 0 Å². The molecule has 2 heteroatoms.